The number of fused-ring (bicyclic) bond motifs is 1. The summed E-state index contributed by atoms with van der Waals surface area (Å²) in [7, 11) is 1.83. The van der Waals surface area contributed by atoms with E-state index in [1.165, 1.54) is 0 Å². The van der Waals surface area contributed by atoms with Crippen molar-refractivity contribution in [1.82, 2.24) is 29.7 Å². The maximum Gasteiger partial charge on any atom is 0.254 e. The zero-order valence-electron chi connectivity index (χ0n) is 12.6. The molecule has 8 nitrogen and oxygen atoms in total. The number of aromatic nitrogens is 5. The molecule has 1 amide bonds. The van der Waals surface area contributed by atoms with Crippen molar-refractivity contribution in [2.24, 2.45) is 0 Å². The summed E-state index contributed by atoms with van der Waals surface area (Å²) in [4.78, 5) is 20.3. The van der Waals surface area contributed by atoms with Crippen LogP contribution in [0.3, 0.4) is 0 Å². The van der Waals surface area contributed by atoms with Gasteiger partial charge in [0.05, 0.1) is 6.04 Å². The molecule has 1 aliphatic heterocycles. The molecule has 0 unspecified atom stereocenters. The quantitative estimate of drug-likeness (QED) is 0.700. The second-order valence-corrected chi connectivity index (χ2v) is 5.54. The van der Waals surface area contributed by atoms with E-state index in [0.717, 1.165) is 24.6 Å². The normalized spacial score (nSPS) is 14.7. The number of anilines is 1. The third-order valence-electron chi connectivity index (χ3n) is 4.13. The first-order chi connectivity index (χ1) is 11.2. The fourth-order valence-electron chi connectivity index (χ4n) is 2.64. The van der Waals surface area contributed by atoms with Crippen LogP contribution in [0.1, 0.15) is 10.4 Å². The lowest BCUT2D eigenvalue weighted by Gasteiger charge is -2.44. The van der Waals surface area contributed by atoms with Crippen LogP contribution in [0.2, 0.25) is 0 Å². The average molecular weight is 309 g/mol. The number of amides is 1. The molecule has 0 aliphatic carbocycles. The fraction of sp³-hybridized carbons (Fsp3) is 0.267. The Balaban J connectivity index is 1.43. The topological polar surface area (TPSA) is 79.5 Å². The molecular formula is C15H15N7O. The first kappa shape index (κ1) is 13.6. The maximum absolute atomic E-state index is 12.4. The van der Waals surface area contributed by atoms with Crippen LogP contribution in [-0.4, -0.2) is 61.8 Å². The van der Waals surface area contributed by atoms with Crippen LogP contribution in [0.4, 0.5) is 5.82 Å². The van der Waals surface area contributed by atoms with E-state index in [4.69, 9.17) is 0 Å². The van der Waals surface area contributed by atoms with Crippen molar-refractivity contribution in [3.63, 3.8) is 0 Å². The highest BCUT2D eigenvalue weighted by molar-refractivity contribution is 5.94. The fourth-order valence-corrected chi connectivity index (χ4v) is 2.64. The molecule has 3 aromatic rings. The molecule has 0 bridgehead atoms. The van der Waals surface area contributed by atoms with Crippen molar-refractivity contribution in [3.05, 3.63) is 48.5 Å². The van der Waals surface area contributed by atoms with Gasteiger partial charge >= 0.3 is 0 Å². The van der Waals surface area contributed by atoms with Crippen molar-refractivity contribution in [2.45, 2.75) is 6.04 Å². The Kier molecular flexibility index (Phi) is 3.14. The average Bonchev–Trinajstić information content (AvgIpc) is 3.01. The van der Waals surface area contributed by atoms with Crippen molar-refractivity contribution in [2.75, 3.05) is 25.0 Å². The van der Waals surface area contributed by atoms with Crippen LogP contribution < -0.4 is 4.90 Å². The van der Waals surface area contributed by atoms with Gasteiger partial charge in [0, 0.05) is 38.1 Å². The van der Waals surface area contributed by atoms with Gasteiger partial charge in [-0.3, -0.25) is 9.78 Å². The number of carbonyl (C=O) groups is 1. The third kappa shape index (κ3) is 2.37. The molecule has 0 atom stereocenters. The Bertz CT molecular complexity index is 841. The highest BCUT2D eigenvalue weighted by atomic mass is 16.2. The van der Waals surface area contributed by atoms with Gasteiger partial charge in [0.2, 0.25) is 0 Å². The van der Waals surface area contributed by atoms with Crippen LogP contribution in [-0.2, 0) is 0 Å². The number of rotatable bonds is 3. The van der Waals surface area contributed by atoms with E-state index in [9.17, 15) is 4.79 Å². The Morgan fingerprint density at radius 1 is 1.22 bits per heavy atom. The van der Waals surface area contributed by atoms with Gasteiger partial charge in [-0.05, 0) is 24.3 Å². The molecule has 4 heterocycles. The highest BCUT2D eigenvalue weighted by Gasteiger charge is 2.33. The Labute approximate surface area is 132 Å². The third-order valence-corrected chi connectivity index (χ3v) is 4.13. The molecule has 0 saturated carbocycles. The molecule has 4 rings (SSSR count). The van der Waals surface area contributed by atoms with Crippen molar-refractivity contribution >= 4 is 17.4 Å². The SMILES string of the molecule is CN(C(=O)c1ccncc1)C1CN(c2ccc3nncn3n2)C1. The molecule has 23 heavy (non-hydrogen) atoms. The van der Waals surface area contributed by atoms with Crippen molar-refractivity contribution in [3.8, 4) is 0 Å². The molecule has 0 N–H and O–H groups in total. The largest absolute Gasteiger partial charge is 0.351 e. The zero-order valence-corrected chi connectivity index (χ0v) is 12.6. The van der Waals surface area contributed by atoms with Crippen LogP contribution in [0.5, 0.6) is 0 Å². The zero-order chi connectivity index (χ0) is 15.8. The minimum absolute atomic E-state index is 0.0132. The summed E-state index contributed by atoms with van der Waals surface area (Å²) >= 11 is 0. The number of pyridine rings is 1. The molecule has 8 heteroatoms. The summed E-state index contributed by atoms with van der Waals surface area (Å²) in [5.41, 5.74) is 1.38. The molecular weight excluding hydrogens is 294 g/mol. The second-order valence-electron chi connectivity index (χ2n) is 5.54. The monoisotopic (exact) mass is 309 g/mol. The summed E-state index contributed by atoms with van der Waals surface area (Å²) in [5, 5.41) is 12.2. The van der Waals surface area contributed by atoms with Gasteiger partial charge in [-0.1, -0.05) is 0 Å². The summed E-state index contributed by atoms with van der Waals surface area (Å²) < 4.78 is 1.65. The van der Waals surface area contributed by atoms with Crippen molar-refractivity contribution < 1.29 is 4.79 Å². The number of hydrogen-bond acceptors (Lipinski definition) is 6. The summed E-state index contributed by atoms with van der Waals surface area (Å²) in [5.74, 6) is 0.873. The van der Waals surface area contributed by atoms with E-state index in [1.807, 2.05) is 19.2 Å². The van der Waals surface area contributed by atoms with E-state index in [2.05, 4.69) is 25.2 Å². The Hall–Kier alpha value is -3.03. The molecule has 3 aromatic heterocycles. The van der Waals surface area contributed by atoms with Crippen LogP contribution in [0.15, 0.2) is 43.0 Å². The number of carbonyl (C=O) groups excluding carboxylic acids is 1. The predicted octanol–water partition coefficient (Wildman–Crippen LogP) is 0.480. The van der Waals surface area contributed by atoms with Gasteiger partial charge < -0.3 is 9.80 Å². The summed E-state index contributed by atoms with van der Waals surface area (Å²) in [6.45, 7) is 1.52. The maximum atomic E-state index is 12.4. The minimum atomic E-state index is 0.0132. The van der Waals surface area contributed by atoms with Crippen LogP contribution in [0, 0.1) is 0 Å². The van der Waals surface area contributed by atoms with Gasteiger partial charge in [-0.25, -0.2) is 0 Å². The first-order valence-electron chi connectivity index (χ1n) is 7.31. The highest BCUT2D eigenvalue weighted by Crippen LogP contribution is 2.22. The van der Waals surface area contributed by atoms with E-state index >= 15 is 0 Å². The van der Waals surface area contributed by atoms with E-state index in [1.54, 1.807) is 40.3 Å². The van der Waals surface area contributed by atoms with Gasteiger partial charge in [-0.2, -0.15) is 4.52 Å². The Morgan fingerprint density at radius 2 is 2.00 bits per heavy atom. The minimum Gasteiger partial charge on any atom is -0.351 e. The predicted molar refractivity (Wildman–Crippen MR) is 83.1 cm³/mol. The molecule has 0 radical (unpaired) electrons. The van der Waals surface area contributed by atoms with Gasteiger partial charge in [0.15, 0.2) is 5.65 Å². The lowest BCUT2D eigenvalue weighted by atomic mass is 10.1. The van der Waals surface area contributed by atoms with Gasteiger partial charge in [0.1, 0.15) is 12.1 Å². The summed E-state index contributed by atoms with van der Waals surface area (Å²) in [6.07, 6.45) is 4.84. The number of nitrogens with zero attached hydrogens (tertiary/aromatic N) is 7. The van der Waals surface area contributed by atoms with E-state index < -0.39 is 0 Å². The smallest absolute Gasteiger partial charge is 0.254 e. The molecule has 0 aromatic carbocycles. The number of likely N-dealkylation sites (N-methyl/N-ethyl adjacent to an activating group) is 1. The molecule has 1 saturated heterocycles. The molecule has 1 aliphatic rings. The number of hydrogen-bond donors (Lipinski definition) is 0. The standard InChI is InChI=1S/C15H15N7O/c1-20(15(23)11-4-6-16-7-5-11)12-8-21(9-12)14-3-2-13-18-17-10-22(13)19-14/h2-7,10,12H,8-9H2,1H3. The van der Waals surface area contributed by atoms with E-state index in [-0.39, 0.29) is 11.9 Å². The van der Waals surface area contributed by atoms with E-state index in [0.29, 0.717) is 5.56 Å². The summed E-state index contributed by atoms with van der Waals surface area (Å²) in [6, 6.07) is 7.45. The molecule has 1 fully saturated rings. The second kappa shape index (κ2) is 5.31. The van der Waals surface area contributed by atoms with Gasteiger partial charge in [0.25, 0.3) is 5.91 Å². The van der Waals surface area contributed by atoms with Crippen LogP contribution >= 0.6 is 0 Å². The molecule has 116 valence electrons. The van der Waals surface area contributed by atoms with Gasteiger partial charge in [-0.15, -0.1) is 15.3 Å². The first-order valence-corrected chi connectivity index (χ1v) is 7.31. The Morgan fingerprint density at radius 3 is 2.78 bits per heavy atom. The lowest BCUT2D eigenvalue weighted by molar-refractivity contribution is 0.0705. The van der Waals surface area contributed by atoms with Crippen molar-refractivity contribution in [1.29, 1.82) is 0 Å². The van der Waals surface area contributed by atoms with Crippen LogP contribution in [0.25, 0.3) is 5.65 Å². The molecule has 0 spiro atoms. The lowest BCUT2D eigenvalue weighted by Crippen LogP contribution is -2.60.